The van der Waals surface area contributed by atoms with Crippen molar-refractivity contribution < 1.29 is 5.11 Å². The van der Waals surface area contributed by atoms with E-state index in [1.165, 1.54) is 25.7 Å². The Kier molecular flexibility index (Phi) is 4.05. The molecule has 4 rings (SSSR count). The normalized spacial score (nSPS) is 29.8. The standard InChI is InChI=1S/C18H25N3OS/c22-17-4-2-1-3-16(17)20-7-9-21(10-8-20)18(23)19-15-12-13-5-6-14(15)11-13/h1-4,13-15,22H,5-12H2,(H,19,23)/t13-,14+,15+/m0/s1. The Morgan fingerprint density at radius 3 is 2.52 bits per heavy atom. The first-order valence-corrected chi connectivity index (χ1v) is 9.20. The van der Waals surface area contributed by atoms with Crippen LogP contribution in [0.25, 0.3) is 0 Å². The molecule has 1 aliphatic heterocycles. The van der Waals surface area contributed by atoms with Gasteiger partial charge in [0.25, 0.3) is 0 Å². The molecule has 5 heteroatoms. The van der Waals surface area contributed by atoms with Crippen molar-refractivity contribution in [2.75, 3.05) is 31.1 Å². The third-order valence-electron chi connectivity index (χ3n) is 5.84. The largest absolute Gasteiger partial charge is 0.506 e. The number of aromatic hydroxyl groups is 1. The van der Waals surface area contributed by atoms with Gasteiger partial charge >= 0.3 is 0 Å². The van der Waals surface area contributed by atoms with E-state index in [9.17, 15) is 5.11 Å². The van der Waals surface area contributed by atoms with Crippen LogP contribution in [0.4, 0.5) is 5.69 Å². The Morgan fingerprint density at radius 2 is 1.87 bits per heavy atom. The summed E-state index contributed by atoms with van der Waals surface area (Å²) >= 11 is 5.65. The number of nitrogens with one attached hydrogen (secondary N) is 1. The molecule has 3 aliphatic rings. The second-order valence-corrected chi connectivity index (χ2v) is 7.58. The molecular formula is C18H25N3OS. The van der Waals surface area contributed by atoms with Crippen LogP contribution in [0.15, 0.2) is 24.3 Å². The van der Waals surface area contributed by atoms with Crippen LogP contribution >= 0.6 is 12.2 Å². The highest BCUT2D eigenvalue weighted by Gasteiger charge is 2.40. The van der Waals surface area contributed by atoms with Crippen LogP contribution in [0.2, 0.25) is 0 Å². The Morgan fingerprint density at radius 1 is 1.09 bits per heavy atom. The zero-order valence-corrected chi connectivity index (χ0v) is 14.3. The highest BCUT2D eigenvalue weighted by Crippen LogP contribution is 2.44. The molecule has 2 saturated carbocycles. The number of phenols is 1. The van der Waals surface area contributed by atoms with Crippen molar-refractivity contribution in [2.24, 2.45) is 11.8 Å². The number of piperazine rings is 1. The molecule has 0 radical (unpaired) electrons. The van der Waals surface area contributed by atoms with E-state index in [0.717, 1.165) is 48.8 Å². The van der Waals surface area contributed by atoms with Gasteiger partial charge in [-0.1, -0.05) is 18.6 Å². The lowest BCUT2D eigenvalue weighted by Crippen LogP contribution is -2.54. The maximum absolute atomic E-state index is 9.99. The summed E-state index contributed by atoms with van der Waals surface area (Å²) in [6.07, 6.45) is 5.52. The van der Waals surface area contributed by atoms with Gasteiger partial charge in [-0.25, -0.2) is 0 Å². The zero-order chi connectivity index (χ0) is 15.8. The molecule has 1 saturated heterocycles. The fourth-order valence-corrected chi connectivity index (χ4v) is 4.89. The van der Waals surface area contributed by atoms with Crippen LogP contribution in [0.5, 0.6) is 5.75 Å². The number of benzene rings is 1. The summed E-state index contributed by atoms with van der Waals surface area (Å²) in [5.74, 6) is 2.15. The van der Waals surface area contributed by atoms with E-state index in [1.54, 1.807) is 6.07 Å². The van der Waals surface area contributed by atoms with Crippen LogP contribution in [-0.4, -0.2) is 47.3 Å². The average Bonchev–Trinajstić information content (AvgIpc) is 3.18. The Balaban J connectivity index is 1.31. The van der Waals surface area contributed by atoms with E-state index in [-0.39, 0.29) is 0 Å². The first-order chi connectivity index (χ1) is 11.2. The van der Waals surface area contributed by atoms with Gasteiger partial charge in [-0.05, 0) is 55.4 Å². The SMILES string of the molecule is Oc1ccccc1N1CCN(C(=S)N[C@@H]2C[C@H]3CC[C@@H]2C3)CC1. The summed E-state index contributed by atoms with van der Waals surface area (Å²) in [6, 6.07) is 8.18. The summed E-state index contributed by atoms with van der Waals surface area (Å²) in [6.45, 7) is 3.63. The Hall–Kier alpha value is -1.49. The van der Waals surface area contributed by atoms with Crippen molar-refractivity contribution in [3.05, 3.63) is 24.3 Å². The van der Waals surface area contributed by atoms with Gasteiger partial charge in [-0.3, -0.25) is 0 Å². The second-order valence-electron chi connectivity index (χ2n) is 7.19. The lowest BCUT2D eigenvalue weighted by Gasteiger charge is -2.38. The van der Waals surface area contributed by atoms with Gasteiger partial charge in [0, 0.05) is 32.2 Å². The molecule has 2 N–H and O–H groups in total. The van der Waals surface area contributed by atoms with Gasteiger partial charge in [0.05, 0.1) is 5.69 Å². The highest BCUT2D eigenvalue weighted by molar-refractivity contribution is 7.80. The fourth-order valence-electron chi connectivity index (χ4n) is 4.55. The number of phenolic OH excluding ortho intramolecular Hbond substituents is 1. The third-order valence-corrected chi connectivity index (χ3v) is 6.21. The minimum atomic E-state index is 0.364. The van der Waals surface area contributed by atoms with Gasteiger partial charge in [0.2, 0.25) is 0 Å². The van der Waals surface area contributed by atoms with E-state index in [1.807, 2.05) is 18.2 Å². The third kappa shape index (κ3) is 2.99. The Labute approximate surface area is 143 Å². The summed E-state index contributed by atoms with van der Waals surface area (Å²) < 4.78 is 0. The lowest BCUT2D eigenvalue weighted by molar-refractivity contribution is 0.344. The van der Waals surface area contributed by atoms with Crippen LogP contribution in [0.1, 0.15) is 25.7 Å². The number of anilines is 1. The number of fused-ring (bicyclic) bond motifs is 2. The molecular weight excluding hydrogens is 306 g/mol. The minimum absolute atomic E-state index is 0.364. The zero-order valence-electron chi connectivity index (χ0n) is 13.4. The monoisotopic (exact) mass is 331 g/mol. The van der Waals surface area contributed by atoms with Gasteiger partial charge in [0.15, 0.2) is 5.11 Å². The van der Waals surface area contributed by atoms with E-state index < -0.39 is 0 Å². The van der Waals surface area contributed by atoms with Crippen LogP contribution in [-0.2, 0) is 0 Å². The molecule has 1 aromatic rings. The first-order valence-electron chi connectivity index (χ1n) is 8.79. The average molecular weight is 331 g/mol. The van der Waals surface area contributed by atoms with Crippen LogP contribution in [0, 0.1) is 11.8 Å². The van der Waals surface area contributed by atoms with Gasteiger partial charge in [-0.15, -0.1) is 0 Å². The van der Waals surface area contributed by atoms with Gasteiger partial charge in [0.1, 0.15) is 5.75 Å². The predicted octanol–water partition coefficient (Wildman–Crippen LogP) is 2.58. The van der Waals surface area contributed by atoms with Crippen molar-refractivity contribution in [3.8, 4) is 5.75 Å². The molecule has 1 aromatic carbocycles. The fraction of sp³-hybridized carbons (Fsp3) is 0.611. The number of hydrogen-bond donors (Lipinski definition) is 2. The molecule has 0 unspecified atom stereocenters. The van der Waals surface area contributed by atoms with Crippen molar-refractivity contribution in [3.63, 3.8) is 0 Å². The first kappa shape index (κ1) is 15.1. The quantitative estimate of drug-likeness (QED) is 0.815. The van der Waals surface area contributed by atoms with Gasteiger partial charge < -0.3 is 20.2 Å². The maximum atomic E-state index is 9.99. The number of nitrogens with zero attached hydrogens (tertiary/aromatic N) is 2. The Bertz CT molecular complexity index is 585. The summed E-state index contributed by atoms with van der Waals surface area (Å²) in [5.41, 5.74) is 0.930. The minimum Gasteiger partial charge on any atom is -0.506 e. The van der Waals surface area contributed by atoms with E-state index in [2.05, 4.69) is 15.1 Å². The topological polar surface area (TPSA) is 38.7 Å². The molecule has 3 fully saturated rings. The van der Waals surface area contributed by atoms with E-state index in [0.29, 0.717) is 11.8 Å². The van der Waals surface area contributed by atoms with Crippen molar-refractivity contribution in [1.82, 2.24) is 10.2 Å². The molecule has 3 atom stereocenters. The van der Waals surface area contributed by atoms with E-state index in [4.69, 9.17) is 12.2 Å². The lowest BCUT2D eigenvalue weighted by atomic mass is 9.95. The molecule has 4 nitrogen and oxygen atoms in total. The van der Waals surface area contributed by atoms with Gasteiger partial charge in [-0.2, -0.15) is 0 Å². The number of rotatable bonds is 2. The molecule has 2 aliphatic carbocycles. The van der Waals surface area contributed by atoms with E-state index >= 15 is 0 Å². The number of thiocarbonyl (C=S) groups is 1. The maximum Gasteiger partial charge on any atom is 0.169 e. The molecule has 124 valence electrons. The molecule has 1 heterocycles. The number of hydrogen-bond acceptors (Lipinski definition) is 3. The molecule has 0 aromatic heterocycles. The summed E-state index contributed by atoms with van der Waals surface area (Å²) in [5, 5.41) is 14.6. The molecule has 2 bridgehead atoms. The van der Waals surface area contributed by atoms with Crippen LogP contribution in [0.3, 0.4) is 0 Å². The van der Waals surface area contributed by atoms with Crippen molar-refractivity contribution in [1.29, 1.82) is 0 Å². The number of para-hydroxylation sites is 2. The molecule has 0 spiro atoms. The van der Waals surface area contributed by atoms with Crippen LogP contribution < -0.4 is 10.2 Å². The molecule has 23 heavy (non-hydrogen) atoms. The highest BCUT2D eigenvalue weighted by atomic mass is 32.1. The second kappa shape index (κ2) is 6.19. The smallest absolute Gasteiger partial charge is 0.169 e. The van der Waals surface area contributed by atoms with Crippen molar-refractivity contribution in [2.45, 2.75) is 31.7 Å². The van der Waals surface area contributed by atoms with Crippen molar-refractivity contribution >= 4 is 23.0 Å². The summed E-state index contributed by atoms with van der Waals surface area (Å²) in [7, 11) is 0. The molecule has 0 amide bonds. The summed E-state index contributed by atoms with van der Waals surface area (Å²) in [4.78, 5) is 4.53. The predicted molar refractivity (Wildman–Crippen MR) is 96.9 cm³/mol.